The first-order chi connectivity index (χ1) is 11.5. The van der Waals surface area contributed by atoms with Crippen LogP contribution in [0.25, 0.3) is 5.70 Å². The number of amides is 1. The van der Waals surface area contributed by atoms with E-state index in [2.05, 4.69) is 62.5 Å². The number of imidazole rings is 1. The molecule has 0 aliphatic carbocycles. The molecular formula is C19H34N4O. The van der Waals surface area contributed by atoms with Gasteiger partial charge in [-0.2, -0.15) is 0 Å². The van der Waals surface area contributed by atoms with Gasteiger partial charge in [-0.25, -0.2) is 4.98 Å². The van der Waals surface area contributed by atoms with E-state index in [0.29, 0.717) is 11.7 Å². The van der Waals surface area contributed by atoms with Crippen molar-refractivity contribution in [2.45, 2.75) is 66.8 Å². The minimum absolute atomic E-state index is 0.520. The van der Waals surface area contributed by atoms with Crippen LogP contribution in [0.2, 0.25) is 0 Å². The minimum Gasteiger partial charge on any atom is -0.373 e. The zero-order valence-electron chi connectivity index (χ0n) is 16.2. The highest BCUT2D eigenvalue weighted by molar-refractivity contribution is 5.79. The highest BCUT2D eigenvalue weighted by atomic mass is 16.1. The first kappa shape index (κ1) is 20.3. The van der Waals surface area contributed by atoms with Crippen LogP contribution in [0.1, 0.15) is 65.4 Å². The fraction of sp³-hybridized carbons (Fsp3) is 0.684. The molecule has 1 amide bonds. The molecule has 0 atom stereocenters. The van der Waals surface area contributed by atoms with Crippen LogP contribution in [0.3, 0.4) is 0 Å². The predicted molar refractivity (Wildman–Crippen MR) is 102 cm³/mol. The quantitative estimate of drug-likeness (QED) is 0.618. The number of aromatic nitrogens is 2. The number of carbonyl (C=O) groups is 1. The Morgan fingerprint density at radius 2 is 2.00 bits per heavy atom. The van der Waals surface area contributed by atoms with Gasteiger partial charge >= 0.3 is 0 Å². The number of nitrogens with zero attached hydrogens (tertiary/aromatic N) is 3. The van der Waals surface area contributed by atoms with Crippen LogP contribution < -0.4 is 5.32 Å². The van der Waals surface area contributed by atoms with E-state index in [-0.39, 0.29) is 0 Å². The molecule has 1 N–H and O–H groups in total. The maximum atomic E-state index is 11.1. The second-order valence-corrected chi connectivity index (χ2v) is 6.66. The van der Waals surface area contributed by atoms with Crippen molar-refractivity contribution in [2.75, 3.05) is 18.9 Å². The predicted octanol–water partition coefficient (Wildman–Crippen LogP) is 4.15. The molecule has 24 heavy (non-hydrogen) atoms. The Morgan fingerprint density at radius 3 is 2.50 bits per heavy atom. The van der Waals surface area contributed by atoms with E-state index in [0.717, 1.165) is 62.4 Å². The Kier molecular flexibility index (Phi) is 8.58. The Morgan fingerprint density at radius 1 is 1.29 bits per heavy atom. The van der Waals surface area contributed by atoms with Crippen molar-refractivity contribution in [3.8, 4) is 0 Å². The molecule has 0 aliphatic heterocycles. The fourth-order valence-corrected chi connectivity index (χ4v) is 2.98. The van der Waals surface area contributed by atoms with Gasteiger partial charge in [-0.15, -0.1) is 0 Å². The molecule has 1 aromatic heterocycles. The summed E-state index contributed by atoms with van der Waals surface area (Å²) >= 11 is 0. The maximum Gasteiger partial charge on any atom is 0.212 e. The van der Waals surface area contributed by atoms with Gasteiger partial charge in [0.15, 0.2) is 5.82 Å². The molecule has 0 unspecified atom stereocenters. The van der Waals surface area contributed by atoms with Crippen molar-refractivity contribution in [3.63, 3.8) is 0 Å². The maximum absolute atomic E-state index is 11.1. The molecule has 136 valence electrons. The summed E-state index contributed by atoms with van der Waals surface area (Å²) in [5.41, 5.74) is 2.19. The number of allylic oxidation sites excluding steroid dienone is 1. The number of hydrogen-bond acceptors (Lipinski definition) is 3. The topological polar surface area (TPSA) is 50.2 Å². The lowest BCUT2D eigenvalue weighted by Gasteiger charge is -2.24. The summed E-state index contributed by atoms with van der Waals surface area (Å²) in [4.78, 5) is 18.1. The number of carbonyl (C=O) groups excluding carboxylic acids is 1. The zero-order chi connectivity index (χ0) is 18.1. The first-order valence-corrected chi connectivity index (χ1v) is 9.21. The normalized spacial score (nSPS) is 11.9. The summed E-state index contributed by atoms with van der Waals surface area (Å²) in [6.07, 6.45) is 6.92. The molecule has 5 heteroatoms. The van der Waals surface area contributed by atoms with Gasteiger partial charge < -0.3 is 14.8 Å². The molecule has 0 fully saturated rings. The first-order valence-electron chi connectivity index (χ1n) is 9.21. The molecule has 0 saturated heterocycles. The van der Waals surface area contributed by atoms with Crippen molar-refractivity contribution in [3.05, 3.63) is 17.6 Å². The van der Waals surface area contributed by atoms with Gasteiger partial charge in [-0.1, -0.05) is 40.7 Å². The molecular weight excluding hydrogens is 300 g/mol. The Bertz CT molecular complexity index is 546. The van der Waals surface area contributed by atoms with Crippen LogP contribution in [0.15, 0.2) is 6.08 Å². The van der Waals surface area contributed by atoms with Gasteiger partial charge in [0.2, 0.25) is 6.41 Å². The Hall–Kier alpha value is -1.78. The van der Waals surface area contributed by atoms with Crippen LogP contribution in [0.4, 0.5) is 5.82 Å². The van der Waals surface area contributed by atoms with Crippen LogP contribution in [0, 0.1) is 5.92 Å². The Balaban J connectivity index is 3.50. The van der Waals surface area contributed by atoms with E-state index in [1.54, 1.807) is 0 Å². The molecule has 1 aromatic rings. The van der Waals surface area contributed by atoms with E-state index in [1.165, 1.54) is 0 Å². The summed E-state index contributed by atoms with van der Waals surface area (Å²) < 4.78 is 2.29. The van der Waals surface area contributed by atoms with E-state index in [1.807, 2.05) is 0 Å². The molecule has 1 heterocycles. The molecule has 0 aliphatic rings. The standard InChI is InChI=1S/C19H34N4O/c1-7-10-16(22(6)11-8-2)18-19(20-14-24)21-17(13-15(4)5)23(18)12-9-3/h10,14-15H,7-9,11-13H2,1-6H3,(H,20,24)/b16-10-. The van der Waals surface area contributed by atoms with Gasteiger partial charge in [0.05, 0.1) is 5.70 Å². The van der Waals surface area contributed by atoms with Gasteiger partial charge in [0, 0.05) is 26.6 Å². The molecule has 0 aromatic carbocycles. The summed E-state index contributed by atoms with van der Waals surface area (Å²) in [5, 5.41) is 2.82. The van der Waals surface area contributed by atoms with Crippen molar-refractivity contribution in [1.82, 2.24) is 14.5 Å². The van der Waals surface area contributed by atoms with Gasteiger partial charge in [-0.3, -0.25) is 4.79 Å². The van der Waals surface area contributed by atoms with Gasteiger partial charge in [-0.05, 0) is 25.2 Å². The van der Waals surface area contributed by atoms with Crippen LogP contribution in [-0.4, -0.2) is 34.5 Å². The monoisotopic (exact) mass is 334 g/mol. The van der Waals surface area contributed by atoms with Crippen LogP contribution in [0.5, 0.6) is 0 Å². The van der Waals surface area contributed by atoms with Crippen molar-refractivity contribution in [2.24, 2.45) is 5.92 Å². The van der Waals surface area contributed by atoms with Gasteiger partial charge in [0.25, 0.3) is 0 Å². The zero-order valence-corrected chi connectivity index (χ0v) is 16.2. The minimum atomic E-state index is 0.520. The van der Waals surface area contributed by atoms with E-state index in [9.17, 15) is 4.79 Å². The Labute approximate surface area is 147 Å². The van der Waals surface area contributed by atoms with Crippen LogP contribution >= 0.6 is 0 Å². The van der Waals surface area contributed by atoms with E-state index >= 15 is 0 Å². The third-order valence-corrected chi connectivity index (χ3v) is 3.89. The third-order valence-electron chi connectivity index (χ3n) is 3.89. The highest BCUT2D eigenvalue weighted by Gasteiger charge is 2.22. The SMILES string of the molecule is CC/C=C(/c1c(NC=O)nc(CC(C)C)n1CCC)N(C)CCC. The lowest BCUT2D eigenvalue weighted by Crippen LogP contribution is -2.21. The lowest BCUT2D eigenvalue weighted by atomic mass is 10.1. The average Bonchev–Trinajstić information content (AvgIpc) is 2.82. The molecule has 0 saturated carbocycles. The van der Waals surface area contributed by atoms with E-state index in [4.69, 9.17) is 4.98 Å². The molecule has 0 bridgehead atoms. The second-order valence-electron chi connectivity index (χ2n) is 6.66. The smallest absolute Gasteiger partial charge is 0.212 e. The van der Waals surface area contributed by atoms with Crippen LogP contribution in [-0.2, 0) is 17.8 Å². The van der Waals surface area contributed by atoms with Crippen molar-refractivity contribution >= 4 is 17.9 Å². The number of hydrogen-bond donors (Lipinski definition) is 1. The molecule has 5 nitrogen and oxygen atoms in total. The molecule has 1 rings (SSSR count). The highest BCUT2D eigenvalue weighted by Crippen LogP contribution is 2.29. The summed E-state index contributed by atoms with van der Waals surface area (Å²) in [6.45, 7) is 12.8. The average molecular weight is 335 g/mol. The lowest BCUT2D eigenvalue weighted by molar-refractivity contribution is -0.105. The molecule has 0 spiro atoms. The number of nitrogens with one attached hydrogen (secondary N) is 1. The largest absolute Gasteiger partial charge is 0.373 e. The third kappa shape index (κ3) is 5.11. The summed E-state index contributed by atoms with van der Waals surface area (Å²) in [5.74, 6) is 2.25. The summed E-state index contributed by atoms with van der Waals surface area (Å²) in [7, 11) is 2.11. The van der Waals surface area contributed by atoms with Crippen molar-refractivity contribution < 1.29 is 4.79 Å². The van der Waals surface area contributed by atoms with Gasteiger partial charge in [0.1, 0.15) is 11.5 Å². The van der Waals surface area contributed by atoms with Crippen molar-refractivity contribution in [1.29, 1.82) is 0 Å². The molecule has 0 radical (unpaired) electrons. The number of anilines is 1. The van der Waals surface area contributed by atoms with E-state index < -0.39 is 0 Å². The second kappa shape index (κ2) is 10.2. The summed E-state index contributed by atoms with van der Waals surface area (Å²) in [6, 6.07) is 0. The number of rotatable bonds is 11. The fourth-order valence-electron chi connectivity index (χ4n) is 2.98.